The maximum Gasteiger partial charge on any atom is 0.300 e. The Morgan fingerprint density at radius 2 is 1.80 bits per heavy atom. The van der Waals surface area contributed by atoms with Crippen LogP contribution < -0.4 is 0 Å². The van der Waals surface area contributed by atoms with Crippen molar-refractivity contribution in [3.8, 4) is 0 Å². The second-order valence-corrected chi connectivity index (χ2v) is 0.519. The minimum Gasteiger partial charge on any atom is -0.481 e. The number of carboxylic acid groups (broad SMARTS) is 1. The van der Waals surface area contributed by atoms with Gasteiger partial charge in [-0.1, -0.05) is 0 Å². The Kier molecular flexibility index (Phi) is 7.55. The van der Waals surface area contributed by atoms with Crippen molar-refractivity contribution < 1.29 is 32.3 Å². The average molecular weight is 153 g/mol. The number of hydrogen-bond donors (Lipinski definition) is 1. The molecule has 1 radical (unpaired) electrons. The van der Waals surface area contributed by atoms with Crippen molar-refractivity contribution >= 4 is 5.97 Å². The van der Waals surface area contributed by atoms with E-state index in [0.717, 1.165) is 6.92 Å². The molecule has 0 spiro atoms. The molecule has 0 amide bonds. The van der Waals surface area contributed by atoms with Crippen LogP contribution >= 0.6 is 0 Å². The molecule has 0 bridgehead atoms. The molecule has 0 heterocycles. The third-order valence-electron chi connectivity index (χ3n) is 0. The van der Waals surface area contributed by atoms with Crippen LogP contribution in [0.2, 0.25) is 0 Å². The fourth-order valence-electron chi connectivity index (χ4n) is 0. The van der Waals surface area contributed by atoms with E-state index in [4.69, 9.17) is 9.90 Å². The maximum absolute atomic E-state index is 9.00. The van der Waals surface area contributed by atoms with Crippen LogP contribution in [0, 0.1) is 0 Å². The van der Waals surface area contributed by atoms with Gasteiger partial charge >= 0.3 is 0 Å². The third kappa shape index (κ3) is 465. The van der Waals surface area contributed by atoms with E-state index in [1.807, 2.05) is 0 Å². The molecule has 0 fully saturated rings. The van der Waals surface area contributed by atoms with Gasteiger partial charge in [-0.2, -0.15) is 0 Å². The number of carboxylic acids is 1. The first kappa shape index (κ1) is 8.96. The summed E-state index contributed by atoms with van der Waals surface area (Å²) in [6.07, 6.45) is 0. The second kappa shape index (κ2) is 4.21. The monoisotopic (exact) mass is 153 g/mol. The van der Waals surface area contributed by atoms with Crippen LogP contribution in [0.15, 0.2) is 0 Å². The average Bonchev–Trinajstić information content (AvgIpc) is 0.811. The number of hydrogen-bond acceptors (Lipinski definition) is 1. The van der Waals surface area contributed by atoms with Gasteiger partial charge in [0.1, 0.15) is 0 Å². The summed E-state index contributed by atoms with van der Waals surface area (Å²) in [5.41, 5.74) is 0. The van der Waals surface area contributed by atoms with Gasteiger partial charge in [-0.05, 0) is 0 Å². The largest absolute Gasteiger partial charge is 0.481 e. The molecule has 0 aliphatic carbocycles. The predicted octanol–water partition coefficient (Wildman–Crippen LogP) is 0.0884. The molecule has 0 aromatic heterocycles. The van der Waals surface area contributed by atoms with Crippen LogP contribution in [0.4, 0.5) is 0 Å². The summed E-state index contributed by atoms with van der Waals surface area (Å²) in [4.78, 5) is 9.00. The number of rotatable bonds is 0. The zero-order chi connectivity index (χ0) is 3.58. The molecule has 0 saturated heterocycles. The molecular weight excluding hydrogens is 149 g/mol. The van der Waals surface area contributed by atoms with Gasteiger partial charge in [0, 0.05) is 29.3 Å². The normalized spacial score (nSPS) is 5.00. The van der Waals surface area contributed by atoms with Crippen molar-refractivity contribution in [3.63, 3.8) is 0 Å². The van der Waals surface area contributed by atoms with Crippen LogP contribution in [-0.2, 0) is 27.2 Å². The molecule has 0 aromatic carbocycles. The zero-order valence-electron chi connectivity index (χ0n) is 2.80. The van der Waals surface area contributed by atoms with Crippen molar-refractivity contribution in [2.45, 2.75) is 6.92 Å². The summed E-state index contributed by atoms with van der Waals surface area (Å²) in [7, 11) is 0. The Labute approximate surface area is 45.7 Å². The first-order valence-corrected chi connectivity index (χ1v) is 0.928. The van der Waals surface area contributed by atoms with Gasteiger partial charge in [0.15, 0.2) is 0 Å². The molecule has 29 valence electrons. The topological polar surface area (TPSA) is 37.3 Å². The Morgan fingerprint density at radius 3 is 1.80 bits per heavy atom. The fraction of sp³-hybridized carbons (Fsp3) is 0.500. The third-order valence-corrected chi connectivity index (χ3v) is 0. The Bertz CT molecular complexity index is 30.6. The Morgan fingerprint density at radius 1 is 1.80 bits per heavy atom. The molecule has 0 aromatic rings. The Hall–Kier alpha value is 0.210. The molecule has 2 nitrogen and oxygen atoms in total. The van der Waals surface area contributed by atoms with Gasteiger partial charge in [-0.3, -0.25) is 4.79 Å². The SMILES string of the molecule is CC(=O)O.[Nb]. The predicted molar refractivity (Wildman–Crippen MR) is 13.3 cm³/mol. The molecule has 0 unspecified atom stereocenters. The van der Waals surface area contributed by atoms with E-state index >= 15 is 0 Å². The van der Waals surface area contributed by atoms with Crippen molar-refractivity contribution in [2.75, 3.05) is 0 Å². The molecule has 1 N–H and O–H groups in total. The molecule has 0 aliphatic heterocycles. The van der Waals surface area contributed by atoms with Crippen molar-refractivity contribution in [3.05, 3.63) is 0 Å². The van der Waals surface area contributed by atoms with E-state index in [2.05, 4.69) is 0 Å². The van der Waals surface area contributed by atoms with E-state index in [0.29, 0.717) is 0 Å². The van der Waals surface area contributed by atoms with Crippen molar-refractivity contribution in [1.29, 1.82) is 0 Å². The number of carbonyl (C=O) groups is 1. The standard InChI is InChI=1S/C2H4O2.Nb/c1-2(3)4;/h1H3,(H,3,4);. The van der Waals surface area contributed by atoms with Crippen LogP contribution in [0.5, 0.6) is 0 Å². The molecule has 0 atom stereocenters. The second-order valence-electron chi connectivity index (χ2n) is 0.519. The van der Waals surface area contributed by atoms with Crippen molar-refractivity contribution in [1.82, 2.24) is 0 Å². The van der Waals surface area contributed by atoms with Gasteiger partial charge < -0.3 is 5.11 Å². The quantitative estimate of drug-likeness (QED) is 0.500. The number of aliphatic carboxylic acids is 1. The summed E-state index contributed by atoms with van der Waals surface area (Å²) >= 11 is 0. The van der Waals surface area contributed by atoms with Gasteiger partial charge in [0.2, 0.25) is 0 Å². The van der Waals surface area contributed by atoms with Gasteiger partial charge in [0.05, 0.1) is 0 Å². The minimum atomic E-state index is -0.833. The first-order chi connectivity index (χ1) is 1.73. The fourth-order valence-corrected chi connectivity index (χ4v) is 0. The van der Waals surface area contributed by atoms with E-state index in [-0.39, 0.29) is 22.4 Å². The van der Waals surface area contributed by atoms with Crippen LogP contribution in [0.25, 0.3) is 0 Å². The minimum absolute atomic E-state index is 0. The van der Waals surface area contributed by atoms with Crippen LogP contribution in [0.1, 0.15) is 6.92 Å². The van der Waals surface area contributed by atoms with E-state index in [1.54, 1.807) is 0 Å². The van der Waals surface area contributed by atoms with E-state index in [9.17, 15) is 0 Å². The van der Waals surface area contributed by atoms with Crippen molar-refractivity contribution in [2.24, 2.45) is 0 Å². The molecule has 5 heavy (non-hydrogen) atoms. The zero-order valence-corrected chi connectivity index (χ0v) is 5.00. The maximum atomic E-state index is 9.00. The summed E-state index contributed by atoms with van der Waals surface area (Å²) in [5.74, 6) is -0.833. The van der Waals surface area contributed by atoms with E-state index in [1.165, 1.54) is 0 Å². The van der Waals surface area contributed by atoms with E-state index < -0.39 is 5.97 Å². The summed E-state index contributed by atoms with van der Waals surface area (Å²) in [5, 5.41) is 7.42. The van der Waals surface area contributed by atoms with Gasteiger partial charge in [-0.25, -0.2) is 0 Å². The smallest absolute Gasteiger partial charge is 0.300 e. The molecule has 0 saturated carbocycles. The summed E-state index contributed by atoms with van der Waals surface area (Å²) in [6.45, 7) is 1.08. The van der Waals surface area contributed by atoms with Crippen LogP contribution in [0.3, 0.4) is 0 Å². The molecule has 0 rings (SSSR count). The van der Waals surface area contributed by atoms with Crippen LogP contribution in [-0.4, -0.2) is 11.1 Å². The summed E-state index contributed by atoms with van der Waals surface area (Å²) in [6, 6.07) is 0. The molecule has 0 aliphatic rings. The Balaban J connectivity index is 0. The summed E-state index contributed by atoms with van der Waals surface area (Å²) < 4.78 is 0. The first-order valence-electron chi connectivity index (χ1n) is 0.928. The molecule has 3 heteroatoms. The van der Waals surface area contributed by atoms with Gasteiger partial charge in [-0.15, -0.1) is 0 Å². The van der Waals surface area contributed by atoms with Gasteiger partial charge in [0.25, 0.3) is 5.97 Å². The molecular formula is C2H4NbO2.